The van der Waals surface area contributed by atoms with E-state index in [4.69, 9.17) is 5.11 Å². The van der Waals surface area contributed by atoms with E-state index in [-0.39, 0.29) is 11.9 Å². The molecule has 14 heavy (non-hydrogen) atoms. The zero-order chi connectivity index (χ0) is 9.97. The first kappa shape index (κ1) is 9.86. The Hall–Kier alpha value is -0.680. The number of hydrogen-bond donors (Lipinski definition) is 2. The number of aromatic nitrogens is 2. The van der Waals surface area contributed by atoms with Gasteiger partial charge in [0.2, 0.25) is 5.88 Å². The van der Waals surface area contributed by atoms with Gasteiger partial charge in [0.15, 0.2) is 0 Å². The summed E-state index contributed by atoms with van der Waals surface area (Å²) < 4.78 is 0. The summed E-state index contributed by atoms with van der Waals surface area (Å²) in [5.41, 5.74) is 0.814. The molecule has 1 radical (unpaired) electrons. The molecule has 1 saturated heterocycles. The Labute approximate surface area is 87.7 Å². The predicted molar refractivity (Wildman–Crippen MR) is 57.2 cm³/mol. The summed E-state index contributed by atoms with van der Waals surface area (Å²) in [5.74, 6) is 2.42. The van der Waals surface area contributed by atoms with Crippen LogP contribution in [0.25, 0.3) is 0 Å². The second-order valence-electron chi connectivity index (χ2n) is 3.34. The molecule has 2 heterocycles. The van der Waals surface area contributed by atoms with Crippen molar-refractivity contribution in [2.24, 2.45) is 0 Å². The third kappa shape index (κ3) is 2.04. The zero-order valence-electron chi connectivity index (χ0n) is 7.94. The molecule has 1 aliphatic rings. The van der Waals surface area contributed by atoms with Gasteiger partial charge < -0.3 is 5.11 Å². The van der Waals surface area contributed by atoms with E-state index >= 15 is 0 Å². The second-order valence-corrected chi connectivity index (χ2v) is 4.57. The van der Waals surface area contributed by atoms with Gasteiger partial charge in [-0.3, -0.25) is 4.90 Å². The molecule has 2 N–H and O–H groups in total. The third-order valence-electron chi connectivity index (χ3n) is 2.41. The van der Waals surface area contributed by atoms with E-state index in [1.165, 1.54) is 0 Å². The molecule has 4 nitrogen and oxygen atoms in total. The van der Waals surface area contributed by atoms with E-state index in [0.717, 1.165) is 30.3 Å². The summed E-state index contributed by atoms with van der Waals surface area (Å²) >= 11 is 1.97. The van der Waals surface area contributed by atoms with E-state index in [1.807, 2.05) is 11.8 Å². The molecule has 77 valence electrons. The highest BCUT2D eigenvalue weighted by molar-refractivity contribution is 7.99. The van der Waals surface area contributed by atoms with E-state index in [9.17, 15) is 0 Å². The van der Waals surface area contributed by atoms with Crippen LogP contribution in [-0.2, 0) is 0 Å². The normalized spacial score (nSPS) is 20.9. The van der Waals surface area contributed by atoms with Crippen LogP contribution in [0.4, 0.5) is 0 Å². The predicted octanol–water partition coefficient (Wildman–Crippen LogP) is 1.04. The molecular weight excluding hydrogens is 198 g/mol. The second kappa shape index (κ2) is 4.23. The number of aromatic hydroxyl groups is 1. The molecular formula is C9H14N3OS. The average molecular weight is 212 g/mol. The fourth-order valence-electron chi connectivity index (χ4n) is 1.57. The molecule has 1 atom stereocenters. The molecule has 2 rings (SSSR count). The van der Waals surface area contributed by atoms with Gasteiger partial charge >= 0.3 is 0 Å². The minimum absolute atomic E-state index is 0.0491. The first-order valence-corrected chi connectivity index (χ1v) is 5.82. The van der Waals surface area contributed by atoms with Gasteiger partial charge in [0.1, 0.15) is 0 Å². The van der Waals surface area contributed by atoms with Crippen LogP contribution in [-0.4, -0.2) is 44.8 Å². The van der Waals surface area contributed by atoms with E-state index in [1.54, 1.807) is 6.07 Å². The van der Waals surface area contributed by atoms with Crippen LogP contribution in [0.5, 0.6) is 5.88 Å². The van der Waals surface area contributed by atoms with E-state index in [2.05, 4.69) is 22.0 Å². The smallest absolute Gasteiger partial charge is 0.206 e. The molecule has 1 fully saturated rings. The van der Waals surface area contributed by atoms with Crippen LogP contribution >= 0.6 is 11.8 Å². The van der Waals surface area contributed by atoms with Crippen molar-refractivity contribution in [2.45, 2.75) is 6.04 Å². The summed E-state index contributed by atoms with van der Waals surface area (Å²) in [7, 11) is 0. The van der Waals surface area contributed by atoms with Crippen molar-refractivity contribution in [1.82, 2.24) is 15.1 Å². The number of thioether (sulfide) groups is 1. The Morgan fingerprint density at radius 1 is 1.57 bits per heavy atom. The molecule has 0 aliphatic carbocycles. The fourth-order valence-corrected chi connectivity index (χ4v) is 2.50. The highest BCUT2D eigenvalue weighted by Gasteiger charge is 2.20. The first-order chi connectivity index (χ1) is 6.77. The Morgan fingerprint density at radius 2 is 2.29 bits per heavy atom. The lowest BCUT2D eigenvalue weighted by Gasteiger charge is -2.30. The van der Waals surface area contributed by atoms with Crippen LogP contribution in [0.3, 0.4) is 0 Å². The highest BCUT2D eigenvalue weighted by atomic mass is 32.2. The maximum Gasteiger partial charge on any atom is 0.206 e. The third-order valence-corrected chi connectivity index (χ3v) is 3.35. The number of aromatic amines is 1. The SMILES string of the molecule is [CH2]C(c1cc(O)[nH]n1)N1CCSCC1. The molecule has 0 aromatic carbocycles. The summed E-state index contributed by atoms with van der Waals surface area (Å²) in [5, 5.41) is 15.7. The van der Waals surface area contributed by atoms with Crippen molar-refractivity contribution < 1.29 is 5.11 Å². The fraction of sp³-hybridized carbons (Fsp3) is 0.556. The van der Waals surface area contributed by atoms with Crippen molar-refractivity contribution in [2.75, 3.05) is 24.6 Å². The quantitative estimate of drug-likeness (QED) is 0.769. The average Bonchev–Trinajstić information content (AvgIpc) is 2.65. The molecule has 1 unspecified atom stereocenters. The van der Waals surface area contributed by atoms with Crippen LogP contribution in [0.1, 0.15) is 11.7 Å². The van der Waals surface area contributed by atoms with Gasteiger partial charge in [-0.2, -0.15) is 16.9 Å². The van der Waals surface area contributed by atoms with E-state index in [0.29, 0.717) is 0 Å². The molecule has 0 amide bonds. The number of H-pyrrole nitrogens is 1. The summed E-state index contributed by atoms with van der Waals surface area (Å²) in [6.07, 6.45) is 0. The van der Waals surface area contributed by atoms with Crippen molar-refractivity contribution in [3.63, 3.8) is 0 Å². The largest absolute Gasteiger partial charge is 0.494 e. The van der Waals surface area contributed by atoms with E-state index < -0.39 is 0 Å². The topological polar surface area (TPSA) is 52.1 Å². The zero-order valence-corrected chi connectivity index (χ0v) is 8.76. The van der Waals surface area contributed by atoms with Gasteiger partial charge in [-0.05, 0) is 6.92 Å². The molecule has 0 saturated carbocycles. The molecule has 5 heteroatoms. The van der Waals surface area contributed by atoms with Crippen LogP contribution < -0.4 is 0 Å². The van der Waals surface area contributed by atoms with Gasteiger partial charge in [0.05, 0.1) is 11.7 Å². The summed E-state index contributed by atoms with van der Waals surface area (Å²) in [6.45, 7) is 6.16. The maximum atomic E-state index is 9.13. The summed E-state index contributed by atoms with van der Waals surface area (Å²) in [6, 6.07) is 1.69. The van der Waals surface area contributed by atoms with Gasteiger partial charge in [0, 0.05) is 30.7 Å². The molecule has 1 aliphatic heterocycles. The Morgan fingerprint density at radius 3 is 2.86 bits per heavy atom. The molecule has 1 aromatic rings. The monoisotopic (exact) mass is 212 g/mol. The van der Waals surface area contributed by atoms with Crippen LogP contribution in [0.2, 0.25) is 0 Å². The van der Waals surface area contributed by atoms with Crippen LogP contribution in [0, 0.1) is 6.92 Å². The molecule has 1 aromatic heterocycles. The van der Waals surface area contributed by atoms with Gasteiger partial charge in [-0.25, -0.2) is 5.10 Å². The number of nitrogens with zero attached hydrogens (tertiary/aromatic N) is 2. The standard InChI is InChI=1S/C9H14N3OS/c1-7(8-6-9(13)11-10-8)12-2-4-14-5-3-12/h6-7H,1-5H2,(H2,10,11,13). The number of rotatable bonds is 2. The minimum Gasteiger partial charge on any atom is -0.494 e. The van der Waals surface area contributed by atoms with Crippen molar-refractivity contribution in [3.05, 3.63) is 18.7 Å². The highest BCUT2D eigenvalue weighted by Crippen LogP contribution is 2.23. The Kier molecular flexibility index (Phi) is 2.98. The first-order valence-electron chi connectivity index (χ1n) is 4.66. The molecule has 0 bridgehead atoms. The lowest BCUT2D eigenvalue weighted by atomic mass is 10.2. The Bertz CT molecular complexity index is 296. The number of nitrogens with one attached hydrogen (secondary N) is 1. The summed E-state index contributed by atoms with van der Waals surface area (Å²) in [4.78, 5) is 2.28. The lowest BCUT2D eigenvalue weighted by molar-refractivity contribution is 0.250. The minimum atomic E-state index is 0.0491. The molecule has 0 spiro atoms. The van der Waals surface area contributed by atoms with Crippen LogP contribution in [0.15, 0.2) is 6.07 Å². The van der Waals surface area contributed by atoms with Crippen molar-refractivity contribution in [3.8, 4) is 5.88 Å². The van der Waals surface area contributed by atoms with Crippen molar-refractivity contribution in [1.29, 1.82) is 0 Å². The lowest BCUT2D eigenvalue weighted by Crippen LogP contribution is -2.35. The van der Waals surface area contributed by atoms with Gasteiger partial charge in [-0.1, -0.05) is 0 Å². The van der Waals surface area contributed by atoms with Crippen molar-refractivity contribution >= 4 is 11.8 Å². The number of hydrogen-bond acceptors (Lipinski definition) is 4. The Balaban J connectivity index is 2.03. The maximum absolute atomic E-state index is 9.13. The van der Waals surface area contributed by atoms with Gasteiger partial charge in [0.25, 0.3) is 0 Å². The van der Waals surface area contributed by atoms with Gasteiger partial charge in [-0.15, -0.1) is 0 Å².